The van der Waals surface area contributed by atoms with E-state index in [1.54, 1.807) is 0 Å². The zero-order valence-corrected chi connectivity index (χ0v) is 10.6. The molecule has 0 aliphatic carbocycles. The summed E-state index contributed by atoms with van der Waals surface area (Å²) in [7, 11) is 0. The molecule has 0 spiro atoms. The molecule has 1 saturated heterocycles. The second-order valence-corrected chi connectivity index (χ2v) is 4.67. The van der Waals surface area contributed by atoms with Crippen LogP contribution in [0.15, 0.2) is 0 Å². The molecule has 6 nitrogen and oxygen atoms in total. The molecule has 0 unspecified atom stereocenters. The SMILES string of the molecule is Cc1nc2nc(N)nc(N3CCCC3)c2nc1C. The van der Waals surface area contributed by atoms with Gasteiger partial charge in [0.1, 0.15) is 0 Å². The van der Waals surface area contributed by atoms with Crippen molar-refractivity contribution >= 4 is 22.9 Å². The Balaban J connectivity index is 2.25. The summed E-state index contributed by atoms with van der Waals surface area (Å²) in [6.45, 7) is 5.88. The van der Waals surface area contributed by atoms with Gasteiger partial charge in [0.15, 0.2) is 17.0 Å². The average molecular weight is 244 g/mol. The number of fused-ring (bicyclic) bond motifs is 1. The van der Waals surface area contributed by atoms with Crippen molar-refractivity contribution in [2.75, 3.05) is 23.7 Å². The van der Waals surface area contributed by atoms with Gasteiger partial charge in [0.05, 0.1) is 11.4 Å². The molecule has 0 atom stereocenters. The molecule has 2 aromatic rings. The smallest absolute Gasteiger partial charge is 0.224 e. The predicted molar refractivity (Wildman–Crippen MR) is 70.5 cm³/mol. The Bertz CT molecular complexity index is 603. The molecule has 18 heavy (non-hydrogen) atoms. The summed E-state index contributed by atoms with van der Waals surface area (Å²) < 4.78 is 0. The van der Waals surface area contributed by atoms with E-state index >= 15 is 0 Å². The van der Waals surface area contributed by atoms with Crippen molar-refractivity contribution in [3.63, 3.8) is 0 Å². The molecular formula is C12H16N6. The molecule has 3 heterocycles. The standard InChI is InChI=1S/C12H16N6/c1-7-8(2)15-10-9(14-7)11(17-12(13)16-10)18-5-3-4-6-18/h3-6H2,1-2H3,(H2,13,15,16,17). The minimum Gasteiger partial charge on any atom is -0.368 e. The van der Waals surface area contributed by atoms with E-state index in [9.17, 15) is 0 Å². The van der Waals surface area contributed by atoms with Gasteiger partial charge >= 0.3 is 0 Å². The van der Waals surface area contributed by atoms with Crippen LogP contribution >= 0.6 is 0 Å². The van der Waals surface area contributed by atoms with Crippen LogP contribution in [0.4, 0.5) is 11.8 Å². The Labute approximate surface area is 105 Å². The van der Waals surface area contributed by atoms with Crippen LogP contribution in [-0.2, 0) is 0 Å². The number of hydrogen-bond acceptors (Lipinski definition) is 6. The van der Waals surface area contributed by atoms with E-state index in [-0.39, 0.29) is 5.95 Å². The Morgan fingerprint density at radius 3 is 2.33 bits per heavy atom. The number of anilines is 2. The van der Waals surface area contributed by atoms with Crippen molar-refractivity contribution < 1.29 is 0 Å². The summed E-state index contributed by atoms with van der Waals surface area (Å²) in [5, 5.41) is 0. The maximum Gasteiger partial charge on any atom is 0.224 e. The molecule has 0 aromatic carbocycles. The fourth-order valence-corrected chi connectivity index (χ4v) is 2.26. The van der Waals surface area contributed by atoms with Crippen molar-refractivity contribution in [1.29, 1.82) is 0 Å². The highest BCUT2D eigenvalue weighted by molar-refractivity contribution is 5.84. The molecule has 0 saturated carbocycles. The quantitative estimate of drug-likeness (QED) is 0.812. The molecule has 6 heteroatoms. The van der Waals surface area contributed by atoms with Gasteiger partial charge in [0, 0.05) is 13.1 Å². The largest absolute Gasteiger partial charge is 0.368 e. The van der Waals surface area contributed by atoms with Crippen LogP contribution < -0.4 is 10.6 Å². The highest BCUT2D eigenvalue weighted by Gasteiger charge is 2.19. The summed E-state index contributed by atoms with van der Waals surface area (Å²) in [5.41, 5.74) is 8.91. The van der Waals surface area contributed by atoms with Gasteiger partial charge < -0.3 is 10.6 Å². The fraction of sp³-hybridized carbons (Fsp3) is 0.500. The Kier molecular flexibility index (Phi) is 2.50. The topological polar surface area (TPSA) is 80.8 Å². The first-order valence-electron chi connectivity index (χ1n) is 6.18. The first kappa shape index (κ1) is 11.1. The number of nitrogens with zero attached hydrogens (tertiary/aromatic N) is 5. The first-order valence-corrected chi connectivity index (χ1v) is 6.18. The minimum absolute atomic E-state index is 0.266. The number of aromatic nitrogens is 4. The van der Waals surface area contributed by atoms with E-state index in [1.807, 2.05) is 13.8 Å². The normalized spacial score (nSPS) is 15.6. The summed E-state index contributed by atoms with van der Waals surface area (Å²) in [5.74, 6) is 1.09. The predicted octanol–water partition coefficient (Wildman–Crippen LogP) is 1.22. The highest BCUT2D eigenvalue weighted by atomic mass is 15.2. The van der Waals surface area contributed by atoms with Gasteiger partial charge in [-0.1, -0.05) is 0 Å². The van der Waals surface area contributed by atoms with E-state index in [1.165, 1.54) is 12.8 Å². The third-order valence-corrected chi connectivity index (χ3v) is 3.35. The van der Waals surface area contributed by atoms with E-state index in [0.29, 0.717) is 5.65 Å². The number of nitrogens with two attached hydrogens (primary N) is 1. The molecular weight excluding hydrogens is 228 g/mol. The summed E-state index contributed by atoms with van der Waals surface area (Å²) in [6, 6.07) is 0. The summed E-state index contributed by atoms with van der Waals surface area (Å²) >= 11 is 0. The van der Waals surface area contributed by atoms with Crippen molar-refractivity contribution in [3.8, 4) is 0 Å². The van der Waals surface area contributed by atoms with Gasteiger partial charge in [-0.25, -0.2) is 9.97 Å². The third-order valence-electron chi connectivity index (χ3n) is 3.35. The van der Waals surface area contributed by atoms with Gasteiger partial charge in [-0.3, -0.25) is 0 Å². The molecule has 1 fully saturated rings. The van der Waals surface area contributed by atoms with Crippen molar-refractivity contribution in [1.82, 2.24) is 19.9 Å². The van der Waals surface area contributed by atoms with E-state index in [0.717, 1.165) is 35.8 Å². The lowest BCUT2D eigenvalue weighted by Gasteiger charge is -2.18. The number of rotatable bonds is 1. The van der Waals surface area contributed by atoms with Crippen LogP contribution in [0.2, 0.25) is 0 Å². The second-order valence-electron chi connectivity index (χ2n) is 4.67. The van der Waals surface area contributed by atoms with Crippen LogP contribution in [-0.4, -0.2) is 33.0 Å². The van der Waals surface area contributed by atoms with Crippen LogP contribution in [0.1, 0.15) is 24.2 Å². The molecule has 0 amide bonds. The monoisotopic (exact) mass is 244 g/mol. The Morgan fingerprint density at radius 2 is 1.61 bits per heavy atom. The number of hydrogen-bond donors (Lipinski definition) is 1. The zero-order chi connectivity index (χ0) is 12.7. The number of nitrogen functional groups attached to an aromatic ring is 1. The zero-order valence-electron chi connectivity index (χ0n) is 10.6. The summed E-state index contributed by atoms with van der Waals surface area (Å²) in [6.07, 6.45) is 2.37. The molecule has 0 bridgehead atoms. The van der Waals surface area contributed by atoms with Crippen LogP contribution in [0, 0.1) is 13.8 Å². The fourth-order valence-electron chi connectivity index (χ4n) is 2.26. The molecule has 3 rings (SSSR count). The lowest BCUT2D eigenvalue weighted by molar-refractivity contribution is 0.931. The van der Waals surface area contributed by atoms with E-state index < -0.39 is 0 Å². The van der Waals surface area contributed by atoms with Gasteiger partial charge in [0.25, 0.3) is 0 Å². The van der Waals surface area contributed by atoms with Crippen LogP contribution in [0.3, 0.4) is 0 Å². The van der Waals surface area contributed by atoms with Gasteiger partial charge in [-0.15, -0.1) is 0 Å². The molecule has 0 radical (unpaired) electrons. The summed E-state index contributed by atoms with van der Waals surface area (Å²) in [4.78, 5) is 19.8. The lowest BCUT2D eigenvalue weighted by Crippen LogP contribution is -2.21. The molecule has 1 aliphatic rings. The lowest BCUT2D eigenvalue weighted by atomic mass is 10.3. The molecule has 2 N–H and O–H groups in total. The number of aryl methyl sites for hydroxylation is 2. The Hall–Kier alpha value is -1.98. The van der Waals surface area contributed by atoms with Gasteiger partial charge in [-0.05, 0) is 26.7 Å². The Morgan fingerprint density at radius 1 is 0.944 bits per heavy atom. The average Bonchev–Trinajstić information content (AvgIpc) is 2.84. The highest BCUT2D eigenvalue weighted by Crippen LogP contribution is 2.25. The van der Waals surface area contributed by atoms with Crippen LogP contribution in [0.25, 0.3) is 11.2 Å². The third kappa shape index (κ3) is 1.73. The maximum absolute atomic E-state index is 5.76. The second kappa shape index (κ2) is 4.04. The van der Waals surface area contributed by atoms with Crippen molar-refractivity contribution in [2.24, 2.45) is 0 Å². The molecule has 2 aromatic heterocycles. The molecule has 1 aliphatic heterocycles. The van der Waals surface area contributed by atoms with E-state index in [2.05, 4.69) is 24.8 Å². The minimum atomic E-state index is 0.266. The van der Waals surface area contributed by atoms with Crippen molar-refractivity contribution in [2.45, 2.75) is 26.7 Å². The van der Waals surface area contributed by atoms with Crippen molar-refractivity contribution in [3.05, 3.63) is 11.4 Å². The van der Waals surface area contributed by atoms with Crippen LogP contribution in [0.5, 0.6) is 0 Å². The van der Waals surface area contributed by atoms with Gasteiger partial charge in [0.2, 0.25) is 5.95 Å². The first-order chi connectivity index (χ1) is 8.65. The maximum atomic E-state index is 5.76. The molecule has 94 valence electrons. The van der Waals surface area contributed by atoms with E-state index in [4.69, 9.17) is 5.73 Å². The van der Waals surface area contributed by atoms with Gasteiger partial charge in [-0.2, -0.15) is 9.97 Å².